The molecule has 0 spiro atoms. The van der Waals surface area contributed by atoms with Gasteiger partial charge in [-0.25, -0.2) is 0 Å². The molecule has 3 aromatic rings. The number of aromatic nitrogens is 4. The SMILES string of the molecule is Cn1cc(-c2ncccc2CNC(=O)c2ccncc2)cn1. The van der Waals surface area contributed by atoms with Crippen LogP contribution in [-0.2, 0) is 13.6 Å². The van der Waals surface area contributed by atoms with Crippen LogP contribution >= 0.6 is 0 Å². The third kappa shape index (κ3) is 3.01. The molecule has 110 valence electrons. The molecule has 0 unspecified atom stereocenters. The van der Waals surface area contributed by atoms with Crippen LogP contribution in [0.2, 0.25) is 0 Å². The van der Waals surface area contributed by atoms with Gasteiger partial charge in [-0.3, -0.25) is 19.4 Å². The number of carbonyl (C=O) groups is 1. The fraction of sp³-hybridized carbons (Fsp3) is 0.125. The Balaban J connectivity index is 1.77. The van der Waals surface area contributed by atoms with Crippen molar-refractivity contribution in [3.8, 4) is 11.3 Å². The molecule has 1 N–H and O–H groups in total. The summed E-state index contributed by atoms with van der Waals surface area (Å²) in [7, 11) is 1.86. The first kappa shape index (κ1) is 13.9. The lowest BCUT2D eigenvalue weighted by molar-refractivity contribution is 0.0951. The molecule has 0 aliphatic heterocycles. The Labute approximate surface area is 127 Å². The molecule has 22 heavy (non-hydrogen) atoms. The third-order valence-corrected chi connectivity index (χ3v) is 3.25. The van der Waals surface area contributed by atoms with Gasteiger partial charge in [0, 0.05) is 49.5 Å². The summed E-state index contributed by atoms with van der Waals surface area (Å²) in [6, 6.07) is 7.16. The maximum Gasteiger partial charge on any atom is 0.251 e. The third-order valence-electron chi connectivity index (χ3n) is 3.25. The molecule has 1 amide bonds. The number of hydrogen-bond donors (Lipinski definition) is 1. The van der Waals surface area contributed by atoms with E-state index in [2.05, 4.69) is 20.4 Å². The van der Waals surface area contributed by atoms with Gasteiger partial charge in [0.15, 0.2) is 0 Å². The zero-order valence-electron chi connectivity index (χ0n) is 12.1. The van der Waals surface area contributed by atoms with Crippen LogP contribution < -0.4 is 5.32 Å². The Morgan fingerprint density at radius 3 is 2.77 bits per heavy atom. The quantitative estimate of drug-likeness (QED) is 0.796. The largest absolute Gasteiger partial charge is 0.348 e. The van der Waals surface area contributed by atoms with Crippen LogP contribution in [-0.4, -0.2) is 25.7 Å². The van der Waals surface area contributed by atoms with Gasteiger partial charge in [0.05, 0.1) is 11.9 Å². The van der Waals surface area contributed by atoms with Gasteiger partial charge in [-0.2, -0.15) is 5.10 Å². The number of rotatable bonds is 4. The molecule has 0 atom stereocenters. The molecule has 0 fully saturated rings. The van der Waals surface area contributed by atoms with E-state index in [4.69, 9.17) is 0 Å². The standard InChI is InChI=1S/C16H15N5O/c1-21-11-14(10-20-21)15-13(3-2-6-18-15)9-19-16(22)12-4-7-17-8-5-12/h2-8,10-11H,9H2,1H3,(H,19,22). The van der Waals surface area contributed by atoms with Crippen LogP contribution in [0.5, 0.6) is 0 Å². The van der Waals surface area contributed by atoms with Gasteiger partial charge < -0.3 is 5.32 Å². The van der Waals surface area contributed by atoms with Crippen LogP contribution in [0.3, 0.4) is 0 Å². The first-order chi connectivity index (χ1) is 10.7. The van der Waals surface area contributed by atoms with E-state index in [1.54, 1.807) is 41.6 Å². The second-order valence-electron chi connectivity index (χ2n) is 4.83. The summed E-state index contributed by atoms with van der Waals surface area (Å²) in [6.45, 7) is 0.402. The van der Waals surface area contributed by atoms with Crippen molar-refractivity contribution in [1.29, 1.82) is 0 Å². The van der Waals surface area contributed by atoms with E-state index in [9.17, 15) is 4.79 Å². The molecule has 0 aliphatic rings. The lowest BCUT2D eigenvalue weighted by atomic mass is 10.1. The summed E-state index contributed by atoms with van der Waals surface area (Å²) in [5.74, 6) is -0.136. The predicted molar refractivity (Wildman–Crippen MR) is 81.8 cm³/mol. The highest BCUT2D eigenvalue weighted by atomic mass is 16.1. The monoisotopic (exact) mass is 293 g/mol. The number of pyridine rings is 2. The van der Waals surface area contributed by atoms with Gasteiger partial charge in [0.1, 0.15) is 0 Å². The molecule has 0 radical (unpaired) electrons. The van der Waals surface area contributed by atoms with E-state index in [0.29, 0.717) is 12.1 Å². The van der Waals surface area contributed by atoms with Crippen molar-refractivity contribution < 1.29 is 4.79 Å². The second-order valence-corrected chi connectivity index (χ2v) is 4.83. The van der Waals surface area contributed by atoms with Gasteiger partial charge in [-0.15, -0.1) is 0 Å². The Kier molecular flexibility index (Phi) is 3.91. The van der Waals surface area contributed by atoms with E-state index < -0.39 is 0 Å². The van der Waals surface area contributed by atoms with Gasteiger partial charge in [0.2, 0.25) is 0 Å². The Morgan fingerprint density at radius 2 is 2.05 bits per heavy atom. The zero-order valence-corrected chi connectivity index (χ0v) is 12.1. The average molecular weight is 293 g/mol. The maximum atomic E-state index is 12.1. The summed E-state index contributed by atoms with van der Waals surface area (Å²) in [5, 5.41) is 7.06. The summed E-state index contributed by atoms with van der Waals surface area (Å²) >= 11 is 0. The Morgan fingerprint density at radius 1 is 1.23 bits per heavy atom. The Hall–Kier alpha value is -3.02. The van der Waals surface area contributed by atoms with Crippen molar-refractivity contribution in [1.82, 2.24) is 25.1 Å². The minimum Gasteiger partial charge on any atom is -0.348 e. The van der Waals surface area contributed by atoms with E-state index in [-0.39, 0.29) is 5.91 Å². The summed E-state index contributed by atoms with van der Waals surface area (Å²) < 4.78 is 1.73. The van der Waals surface area contributed by atoms with E-state index in [1.807, 2.05) is 25.4 Å². The molecule has 0 bridgehead atoms. The molecule has 6 nitrogen and oxygen atoms in total. The highest BCUT2D eigenvalue weighted by molar-refractivity contribution is 5.94. The molecular formula is C16H15N5O. The molecule has 6 heteroatoms. The summed E-state index contributed by atoms with van der Waals surface area (Å²) in [4.78, 5) is 20.4. The minimum absolute atomic E-state index is 0.136. The van der Waals surface area contributed by atoms with Crippen molar-refractivity contribution >= 4 is 5.91 Å². The fourth-order valence-electron chi connectivity index (χ4n) is 2.17. The van der Waals surface area contributed by atoms with Crippen LogP contribution in [0, 0.1) is 0 Å². The number of aryl methyl sites for hydroxylation is 1. The van der Waals surface area contributed by atoms with Crippen molar-refractivity contribution in [2.75, 3.05) is 0 Å². The fourth-order valence-corrected chi connectivity index (χ4v) is 2.17. The maximum absolute atomic E-state index is 12.1. The van der Waals surface area contributed by atoms with Gasteiger partial charge >= 0.3 is 0 Å². The average Bonchev–Trinajstić information content (AvgIpc) is 3.00. The van der Waals surface area contributed by atoms with Crippen LogP contribution in [0.1, 0.15) is 15.9 Å². The molecular weight excluding hydrogens is 278 g/mol. The van der Waals surface area contributed by atoms with Crippen molar-refractivity contribution in [3.05, 3.63) is 66.4 Å². The molecule has 0 aromatic carbocycles. The number of nitrogens with zero attached hydrogens (tertiary/aromatic N) is 4. The second kappa shape index (κ2) is 6.17. The highest BCUT2D eigenvalue weighted by Crippen LogP contribution is 2.20. The normalized spacial score (nSPS) is 10.4. The van der Waals surface area contributed by atoms with E-state index in [0.717, 1.165) is 16.8 Å². The van der Waals surface area contributed by atoms with E-state index in [1.165, 1.54) is 0 Å². The van der Waals surface area contributed by atoms with Crippen molar-refractivity contribution in [3.63, 3.8) is 0 Å². The first-order valence-electron chi connectivity index (χ1n) is 6.85. The number of hydrogen-bond acceptors (Lipinski definition) is 4. The van der Waals surface area contributed by atoms with Crippen molar-refractivity contribution in [2.45, 2.75) is 6.54 Å². The minimum atomic E-state index is -0.136. The predicted octanol–water partition coefficient (Wildman–Crippen LogP) is 1.81. The topological polar surface area (TPSA) is 72.7 Å². The molecule has 3 heterocycles. The van der Waals surface area contributed by atoms with E-state index >= 15 is 0 Å². The van der Waals surface area contributed by atoms with Crippen LogP contribution in [0.25, 0.3) is 11.3 Å². The molecule has 0 aliphatic carbocycles. The first-order valence-corrected chi connectivity index (χ1v) is 6.85. The highest BCUT2D eigenvalue weighted by Gasteiger charge is 2.10. The number of nitrogens with one attached hydrogen (secondary N) is 1. The zero-order chi connectivity index (χ0) is 15.4. The smallest absolute Gasteiger partial charge is 0.251 e. The molecule has 3 rings (SSSR count). The molecule has 0 saturated carbocycles. The number of amides is 1. The summed E-state index contributed by atoms with van der Waals surface area (Å²) in [6.07, 6.45) is 8.59. The summed E-state index contributed by atoms with van der Waals surface area (Å²) in [5.41, 5.74) is 3.28. The van der Waals surface area contributed by atoms with Gasteiger partial charge in [-0.1, -0.05) is 6.07 Å². The number of carbonyl (C=O) groups excluding carboxylic acids is 1. The lowest BCUT2D eigenvalue weighted by Gasteiger charge is -2.08. The molecule has 3 aromatic heterocycles. The Bertz CT molecular complexity index is 782. The van der Waals surface area contributed by atoms with Gasteiger partial charge in [0.25, 0.3) is 5.91 Å². The lowest BCUT2D eigenvalue weighted by Crippen LogP contribution is -2.23. The van der Waals surface area contributed by atoms with Crippen molar-refractivity contribution in [2.24, 2.45) is 7.05 Å². The van der Waals surface area contributed by atoms with Crippen LogP contribution in [0.4, 0.5) is 0 Å². The van der Waals surface area contributed by atoms with Crippen LogP contribution in [0.15, 0.2) is 55.2 Å². The van der Waals surface area contributed by atoms with Gasteiger partial charge in [-0.05, 0) is 23.8 Å². The molecule has 0 saturated heterocycles.